The fraction of sp³-hybridized carbons (Fsp3) is 0.160. The molecule has 0 bridgehead atoms. The van der Waals surface area contributed by atoms with Crippen LogP contribution in [0.25, 0.3) is 17.1 Å². The molecule has 0 aliphatic carbocycles. The summed E-state index contributed by atoms with van der Waals surface area (Å²) in [4.78, 5) is 12.5. The number of thioether (sulfide) groups is 1. The molecule has 0 saturated carbocycles. The largest absolute Gasteiger partial charge is 0.325 e. The average Bonchev–Trinajstić information content (AvgIpc) is 3.20. The first-order valence-electron chi connectivity index (χ1n) is 10.2. The summed E-state index contributed by atoms with van der Waals surface area (Å²) in [6, 6.07) is 20.8. The van der Waals surface area contributed by atoms with Crippen LogP contribution < -0.4 is 5.32 Å². The molecular weight excluding hydrogens is 423 g/mol. The topological polar surface area (TPSA) is 59.8 Å². The van der Waals surface area contributed by atoms with Crippen LogP contribution in [0.2, 0.25) is 0 Å². The minimum absolute atomic E-state index is 0.118. The summed E-state index contributed by atoms with van der Waals surface area (Å²) >= 11 is 1.28. The number of anilines is 1. The van der Waals surface area contributed by atoms with Crippen molar-refractivity contribution < 1.29 is 9.18 Å². The van der Waals surface area contributed by atoms with Crippen LogP contribution in [-0.2, 0) is 4.79 Å². The van der Waals surface area contributed by atoms with Gasteiger partial charge in [0, 0.05) is 16.9 Å². The quantitative estimate of drug-likeness (QED) is 0.384. The second-order valence-electron chi connectivity index (χ2n) is 7.64. The van der Waals surface area contributed by atoms with E-state index in [0.29, 0.717) is 22.2 Å². The van der Waals surface area contributed by atoms with Crippen molar-refractivity contribution in [3.8, 4) is 17.1 Å². The summed E-state index contributed by atoms with van der Waals surface area (Å²) in [6.07, 6.45) is 0. The van der Waals surface area contributed by atoms with Crippen molar-refractivity contribution >= 4 is 23.4 Å². The van der Waals surface area contributed by atoms with Crippen molar-refractivity contribution in [2.45, 2.75) is 25.9 Å². The number of aryl methyl sites for hydroxylation is 3. The fourth-order valence-electron chi connectivity index (χ4n) is 3.18. The lowest BCUT2D eigenvalue weighted by Gasteiger charge is -2.11. The first kappa shape index (κ1) is 21.8. The summed E-state index contributed by atoms with van der Waals surface area (Å²) < 4.78 is 15.7. The third-order valence-electron chi connectivity index (χ3n) is 5.02. The highest BCUT2D eigenvalue weighted by atomic mass is 32.2. The molecule has 0 radical (unpaired) electrons. The first-order valence-corrected chi connectivity index (χ1v) is 11.2. The minimum atomic E-state index is -0.350. The van der Waals surface area contributed by atoms with Gasteiger partial charge in [0.05, 0.1) is 5.75 Å². The molecule has 0 unspecified atom stereocenters. The van der Waals surface area contributed by atoms with Gasteiger partial charge < -0.3 is 5.32 Å². The number of benzene rings is 3. The highest BCUT2D eigenvalue weighted by Gasteiger charge is 2.17. The average molecular weight is 447 g/mol. The maximum Gasteiger partial charge on any atom is 0.234 e. The molecule has 0 aliphatic heterocycles. The van der Waals surface area contributed by atoms with Crippen LogP contribution in [0.3, 0.4) is 0 Å². The number of hydrogen-bond donors (Lipinski definition) is 1. The normalized spacial score (nSPS) is 10.9. The van der Waals surface area contributed by atoms with E-state index in [1.807, 2.05) is 66.9 Å². The SMILES string of the molecule is Cc1ccc(-c2nnc(SCC(=O)Nc3ccc(C)c(F)c3)n2-c2ccc(C)cc2)cc1. The van der Waals surface area contributed by atoms with Crippen LogP contribution in [0, 0.1) is 26.6 Å². The molecular formula is C25H23FN4OS. The van der Waals surface area contributed by atoms with E-state index in [2.05, 4.69) is 15.5 Å². The van der Waals surface area contributed by atoms with Gasteiger partial charge in [0.2, 0.25) is 5.91 Å². The van der Waals surface area contributed by atoms with E-state index in [9.17, 15) is 9.18 Å². The number of carbonyl (C=O) groups is 1. The Kier molecular flexibility index (Phi) is 6.37. The van der Waals surface area contributed by atoms with Crippen LogP contribution in [0.4, 0.5) is 10.1 Å². The molecule has 32 heavy (non-hydrogen) atoms. The summed E-state index contributed by atoms with van der Waals surface area (Å²) in [5, 5.41) is 12.1. The Morgan fingerprint density at radius 3 is 2.25 bits per heavy atom. The summed E-state index contributed by atoms with van der Waals surface area (Å²) in [5.41, 5.74) is 5.13. The summed E-state index contributed by atoms with van der Waals surface area (Å²) in [5.74, 6) is 0.233. The van der Waals surface area contributed by atoms with E-state index < -0.39 is 0 Å². The van der Waals surface area contributed by atoms with Gasteiger partial charge in [0.15, 0.2) is 11.0 Å². The van der Waals surface area contributed by atoms with Crippen molar-refractivity contribution in [3.05, 3.63) is 89.2 Å². The van der Waals surface area contributed by atoms with Crippen molar-refractivity contribution in [2.75, 3.05) is 11.1 Å². The van der Waals surface area contributed by atoms with Crippen molar-refractivity contribution in [3.63, 3.8) is 0 Å². The smallest absolute Gasteiger partial charge is 0.234 e. The van der Waals surface area contributed by atoms with Crippen LogP contribution >= 0.6 is 11.8 Å². The Bertz CT molecular complexity index is 1250. The highest BCUT2D eigenvalue weighted by molar-refractivity contribution is 7.99. The first-order chi connectivity index (χ1) is 15.4. The number of halogens is 1. The van der Waals surface area contributed by atoms with E-state index in [1.54, 1.807) is 19.1 Å². The molecule has 1 aromatic heterocycles. The molecule has 0 atom stereocenters. The Morgan fingerprint density at radius 2 is 1.59 bits per heavy atom. The molecule has 7 heteroatoms. The van der Waals surface area contributed by atoms with Gasteiger partial charge >= 0.3 is 0 Å². The number of hydrogen-bond acceptors (Lipinski definition) is 4. The highest BCUT2D eigenvalue weighted by Crippen LogP contribution is 2.28. The number of nitrogens with zero attached hydrogens (tertiary/aromatic N) is 3. The third-order valence-corrected chi connectivity index (χ3v) is 5.95. The van der Waals surface area contributed by atoms with Crippen LogP contribution in [0.1, 0.15) is 16.7 Å². The van der Waals surface area contributed by atoms with Crippen molar-refractivity contribution in [2.24, 2.45) is 0 Å². The molecule has 4 rings (SSSR count). The molecule has 0 aliphatic rings. The number of carbonyl (C=O) groups excluding carboxylic acids is 1. The zero-order valence-corrected chi connectivity index (χ0v) is 18.9. The predicted octanol–water partition coefficient (Wildman–Crippen LogP) is 5.73. The standard InChI is InChI=1S/C25H23FN4OS/c1-16-4-9-19(10-5-16)24-28-29-25(30(24)21-12-6-17(2)7-13-21)32-15-23(31)27-20-11-8-18(3)22(26)14-20/h4-14H,15H2,1-3H3,(H,27,31). The zero-order valence-electron chi connectivity index (χ0n) is 18.1. The van der Waals surface area contributed by atoms with E-state index in [1.165, 1.54) is 17.8 Å². The fourth-order valence-corrected chi connectivity index (χ4v) is 3.93. The molecule has 1 amide bonds. The molecule has 0 spiro atoms. The van der Waals surface area contributed by atoms with Crippen LogP contribution in [-0.4, -0.2) is 26.4 Å². The summed E-state index contributed by atoms with van der Waals surface area (Å²) in [6.45, 7) is 5.75. The monoisotopic (exact) mass is 446 g/mol. The molecule has 1 N–H and O–H groups in total. The third kappa shape index (κ3) is 4.89. The minimum Gasteiger partial charge on any atom is -0.325 e. The Balaban J connectivity index is 1.59. The molecule has 1 heterocycles. The lowest BCUT2D eigenvalue weighted by Crippen LogP contribution is -2.14. The van der Waals surface area contributed by atoms with Gasteiger partial charge in [-0.15, -0.1) is 10.2 Å². The number of nitrogens with one attached hydrogen (secondary N) is 1. The van der Waals surface area contributed by atoms with Gasteiger partial charge in [-0.1, -0.05) is 65.4 Å². The lowest BCUT2D eigenvalue weighted by molar-refractivity contribution is -0.113. The summed E-state index contributed by atoms with van der Waals surface area (Å²) in [7, 11) is 0. The van der Waals surface area contributed by atoms with Gasteiger partial charge in [-0.2, -0.15) is 0 Å². The molecule has 162 valence electrons. The van der Waals surface area contributed by atoms with Crippen LogP contribution in [0.5, 0.6) is 0 Å². The van der Waals surface area contributed by atoms with E-state index in [4.69, 9.17) is 0 Å². The maximum atomic E-state index is 13.8. The molecule has 4 aromatic rings. The van der Waals surface area contributed by atoms with Crippen molar-refractivity contribution in [1.29, 1.82) is 0 Å². The predicted molar refractivity (Wildman–Crippen MR) is 127 cm³/mol. The van der Waals surface area contributed by atoms with Crippen LogP contribution in [0.15, 0.2) is 71.9 Å². The van der Waals surface area contributed by atoms with E-state index in [-0.39, 0.29) is 17.5 Å². The second kappa shape index (κ2) is 9.36. The van der Waals surface area contributed by atoms with Gasteiger partial charge in [0.1, 0.15) is 5.82 Å². The second-order valence-corrected chi connectivity index (χ2v) is 8.59. The number of amides is 1. The Morgan fingerprint density at radius 1 is 0.938 bits per heavy atom. The van der Waals surface area contributed by atoms with Crippen molar-refractivity contribution in [1.82, 2.24) is 14.8 Å². The maximum absolute atomic E-state index is 13.8. The van der Waals surface area contributed by atoms with Gasteiger partial charge in [-0.3, -0.25) is 9.36 Å². The van der Waals surface area contributed by atoms with Gasteiger partial charge in [0.25, 0.3) is 0 Å². The van der Waals surface area contributed by atoms with Gasteiger partial charge in [-0.05, 0) is 50.6 Å². The van der Waals surface area contributed by atoms with E-state index >= 15 is 0 Å². The van der Waals surface area contributed by atoms with E-state index in [0.717, 1.165) is 22.4 Å². The molecule has 0 saturated heterocycles. The Hall–Kier alpha value is -3.45. The molecule has 0 fully saturated rings. The van der Waals surface area contributed by atoms with Gasteiger partial charge in [-0.25, -0.2) is 4.39 Å². The molecule has 3 aromatic carbocycles. The zero-order chi connectivity index (χ0) is 22.7. The number of aromatic nitrogens is 3. The Labute approximate surface area is 190 Å². The molecule has 5 nitrogen and oxygen atoms in total. The lowest BCUT2D eigenvalue weighted by atomic mass is 10.1. The number of rotatable bonds is 6.